The molecule has 1 aromatic heterocycles. The Morgan fingerprint density at radius 3 is 2.52 bits per heavy atom. The predicted molar refractivity (Wildman–Crippen MR) is 89.9 cm³/mol. The van der Waals surface area contributed by atoms with E-state index >= 15 is 0 Å². The van der Waals surface area contributed by atoms with E-state index in [9.17, 15) is 9.90 Å². The van der Waals surface area contributed by atoms with E-state index in [1.54, 1.807) is 12.1 Å². The lowest BCUT2D eigenvalue weighted by molar-refractivity contribution is 0.265. The standard InChI is InChI=1S/C19H18O4/c1-12(2)11-22-19-17(21)16-14(20)9-6-10-15(16)23-18(19)13-7-4-3-5-8-13/h3-10,12,20H,11H2,1-2H3. The second kappa shape index (κ2) is 6.16. The number of phenolic OH excluding ortho intramolecular Hbond substituents is 1. The van der Waals surface area contributed by atoms with Crippen molar-refractivity contribution in [1.82, 2.24) is 0 Å². The number of hydrogen-bond acceptors (Lipinski definition) is 4. The van der Waals surface area contributed by atoms with Crippen molar-refractivity contribution in [3.8, 4) is 22.8 Å². The molecule has 0 aliphatic rings. The van der Waals surface area contributed by atoms with E-state index in [0.717, 1.165) is 5.56 Å². The Hall–Kier alpha value is -2.75. The Kier molecular flexibility index (Phi) is 4.06. The van der Waals surface area contributed by atoms with Crippen LogP contribution in [0, 0.1) is 5.92 Å². The molecule has 0 fully saturated rings. The number of aromatic hydroxyl groups is 1. The maximum absolute atomic E-state index is 12.8. The summed E-state index contributed by atoms with van der Waals surface area (Å²) in [6.45, 7) is 4.40. The minimum atomic E-state index is -0.358. The van der Waals surface area contributed by atoms with Crippen LogP contribution in [0.5, 0.6) is 11.5 Å². The van der Waals surface area contributed by atoms with Crippen molar-refractivity contribution in [3.05, 3.63) is 58.8 Å². The maximum atomic E-state index is 12.8. The molecular formula is C19H18O4. The average molecular weight is 310 g/mol. The Bertz CT molecular complexity index is 879. The Morgan fingerprint density at radius 1 is 1.09 bits per heavy atom. The summed E-state index contributed by atoms with van der Waals surface area (Å²) in [4.78, 5) is 12.8. The summed E-state index contributed by atoms with van der Waals surface area (Å²) in [5, 5.41) is 10.1. The lowest BCUT2D eigenvalue weighted by Crippen LogP contribution is -2.14. The topological polar surface area (TPSA) is 59.7 Å². The molecule has 0 aliphatic heterocycles. The van der Waals surface area contributed by atoms with Gasteiger partial charge < -0.3 is 14.3 Å². The third-order valence-electron chi connectivity index (χ3n) is 3.45. The number of benzene rings is 2. The van der Waals surface area contributed by atoms with Crippen molar-refractivity contribution in [2.24, 2.45) is 5.92 Å². The molecule has 23 heavy (non-hydrogen) atoms. The van der Waals surface area contributed by atoms with Gasteiger partial charge in [-0.15, -0.1) is 0 Å². The van der Waals surface area contributed by atoms with Crippen molar-refractivity contribution in [3.63, 3.8) is 0 Å². The van der Waals surface area contributed by atoms with Crippen LogP contribution in [0.2, 0.25) is 0 Å². The van der Waals surface area contributed by atoms with Gasteiger partial charge in [0.1, 0.15) is 16.7 Å². The Labute approximate surface area is 134 Å². The van der Waals surface area contributed by atoms with E-state index in [-0.39, 0.29) is 28.2 Å². The van der Waals surface area contributed by atoms with Crippen LogP contribution < -0.4 is 10.2 Å². The fourth-order valence-electron chi connectivity index (χ4n) is 2.37. The molecule has 0 spiro atoms. The number of rotatable bonds is 4. The molecule has 0 unspecified atom stereocenters. The second-order valence-corrected chi connectivity index (χ2v) is 5.81. The van der Waals surface area contributed by atoms with Gasteiger partial charge in [0.25, 0.3) is 0 Å². The van der Waals surface area contributed by atoms with Gasteiger partial charge in [-0.05, 0) is 18.1 Å². The zero-order chi connectivity index (χ0) is 16.4. The van der Waals surface area contributed by atoms with Crippen LogP contribution in [0.25, 0.3) is 22.3 Å². The first-order valence-corrected chi connectivity index (χ1v) is 7.55. The molecule has 1 heterocycles. The van der Waals surface area contributed by atoms with Crippen molar-refractivity contribution >= 4 is 11.0 Å². The summed E-state index contributed by atoms with van der Waals surface area (Å²) in [7, 11) is 0. The highest BCUT2D eigenvalue weighted by Gasteiger charge is 2.19. The summed E-state index contributed by atoms with van der Waals surface area (Å²) < 4.78 is 11.6. The Balaban J connectivity index is 2.28. The van der Waals surface area contributed by atoms with Crippen LogP contribution in [0.3, 0.4) is 0 Å². The van der Waals surface area contributed by atoms with Gasteiger partial charge in [-0.3, -0.25) is 4.79 Å². The number of phenols is 1. The van der Waals surface area contributed by atoms with Crippen LogP contribution in [-0.2, 0) is 0 Å². The molecule has 0 aliphatic carbocycles. The van der Waals surface area contributed by atoms with E-state index < -0.39 is 0 Å². The molecule has 3 aromatic rings. The molecule has 2 aromatic carbocycles. The van der Waals surface area contributed by atoms with Gasteiger partial charge in [0.05, 0.1) is 6.61 Å². The smallest absolute Gasteiger partial charge is 0.239 e. The van der Waals surface area contributed by atoms with Gasteiger partial charge in [-0.1, -0.05) is 50.2 Å². The highest BCUT2D eigenvalue weighted by Crippen LogP contribution is 2.33. The third kappa shape index (κ3) is 2.93. The number of hydrogen-bond donors (Lipinski definition) is 1. The SMILES string of the molecule is CC(C)COc1c(-c2ccccc2)oc2cccc(O)c2c1=O. The van der Waals surface area contributed by atoms with Gasteiger partial charge in [-0.2, -0.15) is 0 Å². The normalized spacial score (nSPS) is 11.1. The largest absolute Gasteiger partial charge is 0.507 e. The molecule has 0 saturated heterocycles. The van der Waals surface area contributed by atoms with E-state index in [0.29, 0.717) is 18.0 Å². The molecule has 118 valence electrons. The molecule has 0 amide bonds. The van der Waals surface area contributed by atoms with Crippen LogP contribution in [-0.4, -0.2) is 11.7 Å². The van der Waals surface area contributed by atoms with Crippen molar-refractivity contribution in [2.45, 2.75) is 13.8 Å². The summed E-state index contributed by atoms with van der Waals surface area (Å²) in [5.74, 6) is 0.677. The van der Waals surface area contributed by atoms with Gasteiger partial charge in [0.15, 0.2) is 5.76 Å². The first kappa shape index (κ1) is 15.2. The van der Waals surface area contributed by atoms with E-state index in [2.05, 4.69) is 0 Å². The molecule has 0 atom stereocenters. The lowest BCUT2D eigenvalue weighted by Gasteiger charge is -2.13. The van der Waals surface area contributed by atoms with E-state index in [1.807, 2.05) is 44.2 Å². The Morgan fingerprint density at radius 2 is 1.83 bits per heavy atom. The van der Waals surface area contributed by atoms with Gasteiger partial charge in [0, 0.05) is 5.56 Å². The molecule has 1 N–H and O–H groups in total. The molecule has 4 nitrogen and oxygen atoms in total. The zero-order valence-electron chi connectivity index (χ0n) is 13.1. The summed E-state index contributed by atoms with van der Waals surface area (Å²) in [6, 6.07) is 14.1. The first-order valence-electron chi connectivity index (χ1n) is 7.55. The van der Waals surface area contributed by atoms with Crippen molar-refractivity contribution in [2.75, 3.05) is 6.61 Å². The average Bonchev–Trinajstić information content (AvgIpc) is 2.54. The van der Waals surface area contributed by atoms with Crippen LogP contribution in [0.15, 0.2) is 57.7 Å². The predicted octanol–water partition coefficient (Wildman–Crippen LogP) is 4.20. The summed E-state index contributed by atoms with van der Waals surface area (Å²) >= 11 is 0. The number of fused-ring (bicyclic) bond motifs is 1. The first-order chi connectivity index (χ1) is 11.1. The van der Waals surface area contributed by atoms with Gasteiger partial charge in [0.2, 0.25) is 11.2 Å². The minimum Gasteiger partial charge on any atom is -0.507 e. The third-order valence-corrected chi connectivity index (χ3v) is 3.45. The van der Waals surface area contributed by atoms with Gasteiger partial charge >= 0.3 is 0 Å². The van der Waals surface area contributed by atoms with Crippen molar-refractivity contribution < 1.29 is 14.3 Å². The molecule has 0 radical (unpaired) electrons. The molecule has 0 bridgehead atoms. The van der Waals surface area contributed by atoms with Gasteiger partial charge in [-0.25, -0.2) is 0 Å². The second-order valence-electron chi connectivity index (χ2n) is 5.81. The lowest BCUT2D eigenvalue weighted by atomic mass is 10.1. The highest BCUT2D eigenvalue weighted by molar-refractivity contribution is 5.86. The zero-order valence-corrected chi connectivity index (χ0v) is 13.1. The quantitative estimate of drug-likeness (QED) is 0.784. The molecular weight excluding hydrogens is 292 g/mol. The molecule has 3 rings (SSSR count). The number of ether oxygens (including phenoxy) is 1. The van der Waals surface area contributed by atoms with Crippen LogP contribution >= 0.6 is 0 Å². The fraction of sp³-hybridized carbons (Fsp3) is 0.211. The fourth-order valence-corrected chi connectivity index (χ4v) is 2.37. The van der Waals surface area contributed by atoms with Crippen molar-refractivity contribution in [1.29, 1.82) is 0 Å². The molecule has 0 saturated carbocycles. The minimum absolute atomic E-state index is 0.106. The monoisotopic (exact) mass is 310 g/mol. The van der Waals surface area contributed by atoms with Crippen LogP contribution in [0.1, 0.15) is 13.8 Å². The molecule has 4 heteroatoms. The summed E-state index contributed by atoms with van der Waals surface area (Å²) in [6.07, 6.45) is 0. The maximum Gasteiger partial charge on any atom is 0.239 e. The van der Waals surface area contributed by atoms with E-state index in [4.69, 9.17) is 9.15 Å². The summed E-state index contributed by atoms with van der Waals surface area (Å²) in [5.41, 5.74) is 0.739. The highest BCUT2D eigenvalue weighted by atomic mass is 16.5. The van der Waals surface area contributed by atoms with E-state index in [1.165, 1.54) is 6.07 Å². The van der Waals surface area contributed by atoms with Crippen LogP contribution in [0.4, 0.5) is 0 Å².